The van der Waals surface area contributed by atoms with Gasteiger partial charge < -0.3 is 10.1 Å². The number of rotatable bonds is 6. The van der Waals surface area contributed by atoms with Crippen LogP contribution in [0.4, 0.5) is 19.1 Å². The van der Waals surface area contributed by atoms with E-state index in [1.807, 2.05) is 5.32 Å². The number of benzene rings is 1. The van der Waals surface area contributed by atoms with Crippen LogP contribution in [0.15, 0.2) is 18.2 Å². The second-order valence-electron chi connectivity index (χ2n) is 7.89. The van der Waals surface area contributed by atoms with Gasteiger partial charge in [0.05, 0.1) is 17.6 Å². The molecule has 1 atom stereocenters. The van der Waals surface area contributed by atoms with Crippen molar-refractivity contribution < 1.29 is 27.5 Å². The van der Waals surface area contributed by atoms with Gasteiger partial charge in [-0.1, -0.05) is 37.8 Å². The van der Waals surface area contributed by atoms with Crippen molar-refractivity contribution >= 4 is 28.8 Å². The first kappa shape index (κ1) is 20.6. The molecule has 1 saturated carbocycles. The van der Waals surface area contributed by atoms with Crippen LogP contribution in [0.1, 0.15) is 44.1 Å². The van der Waals surface area contributed by atoms with Crippen LogP contribution in [0.3, 0.4) is 0 Å². The molecule has 1 aliphatic heterocycles. The van der Waals surface area contributed by atoms with Crippen molar-refractivity contribution in [3.8, 4) is 0 Å². The number of ether oxygens (including phenoxy) is 1. The number of hydrogen-bond acceptors (Lipinski definition) is 4. The lowest BCUT2D eigenvalue weighted by Crippen LogP contribution is -2.63. The van der Waals surface area contributed by atoms with E-state index in [2.05, 4.69) is 10.3 Å². The van der Waals surface area contributed by atoms with Gasteiger partial charge >= 0.3 is 6.18 Å². The number of fused-ring (bicyclic) bond motifs is 3. The fourth-order valence-corrected chi connectivity index (χ4v) is 4.48. The molecule has 0 spiro atoms. The van der Waals surface area contributed by atoms with Gasteiger partial charge in [0.1, 0.15) is 0 Å². The number of hydrogen-bond donors (Lipinski definition) is 2. The molecule has 7 nitrogen and oxygen atoms in total. The third-order valence-electron chi connectivity index (χ3n) is 5.94. The Morgan fingerprint density at radius 3 is 2.77 bits per heavy atom. The standard InChI is InChI=1S/C20H23F3N4O3/c1-30-11-13-7-4-8-14-16(13)24-18-25-17(29)19(27(14)18,20(21,22)23)26-15(28)10-9-12-5-2-3-6-12/h4,7-8,12H,2-3,5-6,9-11H2,1H3,(H,26,28)(H,24,25,29). The van der Waals surface area contributed by atoms with Crippen molar-refractivity contribution in [2.75, 3.05) is 12.4 Å². The largest absolute Gasteiger partial charge is 0.440 e. The van der Waals surface area contributed by atoms with Gasteiger partial charge in [-0.05, 0) is 18.4 Å². The van der Waals surface area contributed by atoms with Crippen molar-refractivity contribution in [1.29, 1.82) is 0 Å². The Hall–Kier alpha value is -2.62. The molecule has 0 bridgehead atoms. The topological polar surface area (TPSA) is 85.2 Å². The SMILES string of the molecule is COCc1cccc2c1nc1n2C(NC(=O)CCC2CCCC2)(C(F)(F)F)C(=O)N1. The summed E-state index contributed by atoms with van der Waals surface area (Å²) in [6.45, 7) is 0.147. The fraction of sp³-hybridized carbons (Fsp3) is 0.550. The third-order valence-corrected chi connectivity index (χ3v) is 5.94. The second kappa shape index (κ2) is 7.57. The van der Waals surface area contributed by atoms with Gasteiger partial charge in [-0.15, -0.1) is 0 Å². The number of aromatic nitrogens is 2. The first-order chi connectivity index (χ1) is 14.3. The number of amides is 2. The zero-order valence-corrected chi connectivity index (χ0v) is 16.5. The summed E-state index contributed by atoms with van der Waals surface area (Å²) in [7, 11) is 1.47. The molecule has 4 rings (SSSR count). The Morgan fingerprint density at radius 2 is 2.10 bits per heavy atom. The Balaban J connectivity index is 1.73. The molecule has 1 aromatic heterocycles. The molecule has 2 aromatic rings. The van der Waals surface area contributed by atoms with Gasteiger partial charge in [-0.25, -0.2) is 4.98 Å². The number of alkyl halides is 3. The number of imidazole rings is 1. The van der Waals surface area contributed by atoms with Gasteiger partial charge in [-0.3, -0.25) is 19.5 Å². The number of nitrogens with one attached hydrogen (secondary N) is 2. The average molecular weight is 424 g/mol. The fourth-order valence-electron chi connectivity index (χ4n) is 4.48. The van der Waals surface area contributed by atoms with E-state index in [0.29, 0.717) is 17.9 Å². The molecule has 2 amide bonds. The van der Waals surface area contributed by atoms with E-state index in [4.69, 9.17) is 4.74 Å². The lowest BCUT2D eigenvalue weighted by atomic mass is 10.0. The Morgan fingerprint density at radius 1 is 1.37 bits per heavy atom. The highest BCUT2D eigenvalue weighted by Crippen LogP contribution is 2.44. The van der Waals surface area contributed by atoms with Gasteiger partial charge in [0, 0.05) is 19.1 Å². The molecule has 1 aliphatic carbocycles. The van der Waals surface area contributed by atoms with Crippen LogP contribution in [0.2, 0.25) is 0 Å². The molecule has 1 aromatic carbocycles. The number of carbonyl (C=O) groups is 2. The molecule has 1 fully saturated rings. The van der Waals surface area contributed by atoms with Crippen LogP contribution in [-0.4, -0.2) is 34.7 Å². The van der Waals surface area contributed by atoms with Crippen LogP contribution < -0.4 is 10.6 Å². The Labute approximate surface area is 171 Å². The lowest BCUT2D eigenvalue weighted by Gasteiger charge is -2.32. The minimum absolute atomic E-state index is 0.0628. The molecule has 2 aliphatic rings. The molecule has 0 radical (unpaired) electrons. The van der Waals surface area contributed by atoms with Crippen molar-refractivity contribution in [1.82, 2.24) is 14.9 Å². The van der Waals surface area contributed by atoms with Crippen molar-refractivity contribution in [2.45, 2.75) is 57.0 Å². The average Bonchev–Trinajstić information content (AvgIpc) is 3.37. The predicted molar refractivity (Wildman–Crippen MR) is 102 cm³/mol. The molecule has 2 N–H and O–H groups in total. The molecule has 1 unspecified atom stereocenters. The third kappa shape index (κ3) is 3.23. The zero-order valence-electron chi connectivity index (χ0n) is 16.5. The van der Waals surface area contributed by atoms with Gasteiger partial charge in [0.25, 0.3) is 11.6 Å². The summed E-state index contributed by atoms with van der Waals surface area (Å²) in [4.78, 5) is 29.3. The maximum Gasteiger partial charge on any atom is 0.440 e. The molecule has 2 heterocycles. The minimum Gasteiger partial charge on any atom is -0.380 e. The van der Waals surface area contributed by atoms with Crippen LogP contribution in [0.5, 0.6) is 0 Å². The quantitative estimate of drug-likeness (QED) is 0.744. The predicted octanol–water partition coefficient (Wildman–Crippen LogP) is 3.44. The first-order valence-corrected chi connectivity index (χ1v) is 9.97. The Bertz CT molecular complexity index is 982. The van der Waals surface area contributed by atoms with Gasteiger partial charge in [0.15, 0.2) is 0 Å². The highest BCUT2D eigenvalue weighted by atomic mass is 19.4. The smallest absolute Gasteiger partial charge is 0.380 e. The maximum atomic E-state index is 14.4. The highest BCUT2D eigenvalue weighted by Gasteiger charge is 2.67. The molecule has 10 heteroatoms. The van der Waals surface area contributed by atoms with E-state index < -0.39 is 23.7 Å². The van der Waals surface area contributed by atoms with Crippen LogP contribution in [0.25, 0.3) is 11.0 Å². The van der Waals surface area contributed by atoms with E-state index in [0.717, 1.165) is 30.3 Å². The van der Waals surface area contributed by atoms with Crippen LogP contribution in [0, 0.1) is 5.92 Å². The molecular formula is C20H23F3N4O3. The summed E-state index contributed by atoms with van der Waals surface area (Å²) in [6.07, 6.45) is -0.502. The summed E-state index contributed by atoms with van der Waals surface area (Å²) in [6, 6.07) is 4.69. The number of nitrogens with zero attached hydrogens (tertiary/aromatic N) is 2. The van der Waals surface area contributed by atoms with Crippen LogP contribution in [-0.2, 0) is 26.6 Å². The molecule has 0 saturated heterocycles. The summed E-state index contributed by atoms with van der Waals surface area (Å²) >= 11 is 0. The van der Waals surface area contributed by atoms with E-state index in [1.54, 1.807) is 12.1 Å². The second-order valence-corrected chi connectivity index (χ2v) is 7.89. The summed E-state index contributed by atoms with van der Waals surface area (Å²) in [5.74, 6) is -2.09. The van der Waals surface area contributed by atoms with Crippen molar-refractivity contribution in [2.24, 2.45) is 5.92 Å². The number of para-hydroxylation sites is 1. The molecule has 30 heavy (non-hydrogen) atoms. The van der Waals surface area contributed by atoms with Gasteiger partial charge in [0.2, 0.25) is 11.9 Å². The normalized spacial score (nSPS) is 21.8. The van der Waals surface area contributed by atoms with Crippen LogP contribution >= 0.6 is 0 Å². The molecule has 162 valence electrons. The summed E-state index contributed by atoms with van der Waals surface area (Å²) in [5.41, 5.74) is -2.29. The first-order valence-electron chi connectivity index (χ1n) is 9.97. The molecular weight excluding hydrogens is 401 g/mol. The van der Waals surface area contributed by atoms with Crippen molar-refractivity contribution in [3.63, 3.8) is 0 Å². The van der Waals surface area contributed by atoms with E-state index in [1.165, 1.54) is 13.2 Å². The highest BCUT2D eigenvalue weighted by molar-refractivity contribution is 6.05. The van der Waals surface area contributed by atoms with E-state index in [9.17, 15) is 22.8 Å². The minimum atomic E-state index is -5.07. The zero-order chi connectivity index (χ0) is 21.5. The van der Waals surface area contributed by atoms with Crippen molar-refractivity contribution in [3.05, 3.63) is 23.8 Å². The summed E-state index contributed by atoms with van der Waals surface area (Å²) < 4.78 is 48.9. The number of anilines is 1. The maximum absolute atomic E-state index is 14.4. The number of carbonyl (C=O) groups excluding carboxylic acids is 2. The monoisotopic (exact) mass is 424 g/mol. The van der Waals surface area contributed by atoms with E-state index >= 15 is 0 Å². The number of methoxy groups -OCH3 is 1. The lowest BCUT2D eigenvalue weighted by molar-refractivity contribution is -0.217. The van der Waals surface area contributed by atoms with E-state index in [-0.39, 0.29) is 30.0 Å². The Kier molecular flexibility index (Phi) is 5.21. The number of halogens is 3. The van der Waals surface area contributed by atoms with Gasteiger partial charge in [-0.2, -0.15) is 13.2 Å². The summed E-state index contributed by atoms with van der Waals surface area (Å²) in [5, 5.41) is 4.20.